The number of aromatic nitrogens is 2. The van der Waals surface area contributed by atoms with E-state index in [-0.39, 0.29) is 26.4 Å². The minimum absolute atomic E-state index is 0.119. The van der Waals surface area contributed by atoms with Gasteiger partial charge in [-0.1, -0.05) is 84.9 Å². The molecule has 0 fully saturated rings. The molecule has 0 spiro atoms. The van der Waals surface area contributed by atoms with Crippen molar-refractivity contribution in [3.8, 4) is 45.1 Å². The molecule has 6 nitrogen and oxygen atoms in total. The van der Waals surface area contributed by atoms with E-state index < -0.39 is 0 Å². The number of nitrogens with zero attached hydrogens (tertiary/aromatic N) is 2. The zero-order chi connectivity index (χ0) is 35.0. The number of fused-ring (bicyclic) bond motifs is 6. The number of aliphatic hydroxyl groups is 2. The van der Waals surface area contributed by atoms with Gasteiger partial charge in [0.05, 0.1) is 35.3 Å². The predicted molar refractivity (Wildman–Crippen MR) is 211 cm³/mol. The van der Waals surface area contributed by atoms with Crippen molar-refractivity contribution in [2.45, 2.75) is 0 Å². The predicted octanol–water partition coefficient (Wildman–Crippen LogP) is 9.96. The normalized spacial score (nSPS) is 11.6. The molecule has 2 heterocycles. The Morgan fingerprint density at radius 3 is 1.19 bits per heavy atom. The van der Waals surface area contributed by atoms with E-state index in [1.165, 1.54) is 0 Å². The van der Waals surface area contributed by atoms with Crippen LogP contribution in [0.3, 0.4) is 0 Å². The van der Waals surface area contributed by atoms with Crippen LogP contribution in [0.5, 0.6) is 11.5 Å². The van der Waals surface area contributed by atoms with E-state index in [2.05, 4.69) is 143 Å². The number of hydrogen-bond acceptors (Lipinski definition) is 4. The minimum atomic E-state index is -0.119. The van der Waals surface area contributed by atoms with Crippen LogP contribution in [0.15, 0.2) is 158 Å². The largest absolute Gasteiger partial charge is 0.491 e. The molecule has 0 aliphatic heterocycles. The third kappa shape index (κ3) is 5.37. The van der Waals surface area contributed by atoms with Gasteiger partial charge in [-0.2, -0.15) is 0 Å². The fraction of sp³-hybridized carbons (Fsp3) is 0.0870. The summed E-state index contributed by atoms with van der Waals surface area (Å²) >= 11 is 0. The maximum atomic E-state index is 9.85. The van der Waals surface area contributed by atoms with Gasteiger partial charge in [0.1, 0.15) is 24.7 Å². The van der Waals surface area contributed by atoms with Crippen LogP contribution in [0, 0.1) is 0 Å². The quantitative estimate of drug-likeness (QED) is 0.151. The first-order chi connectivity index (χ1) is 25.7. The molecule has 9 aromatic rings. The summed E-state index contributed by atoms with van der Waals surface area (Å²) in [5.74, 6) is 1.27. The van der Waals surface area contributed by atoms with Gasteiger partial charge in [-0.05, 0) is 83.9 Å². The van der Waals surface area contributed by atoms with Crippen LogP contribution < -0.4 is 9.47 Å². The van der Waals surface area contributed by atoms with Crippen molar-refractivity contribution in [1.82, 2.24) is 9.13 Å². The monoisotopic (exact) mass is 680 g/mol. The molecule has 0 amide bonds. The zero-order valence-electron chi connectivity index (χ0n) is 28.4. The van der Waals surface area contributed by atoms with E-state index in [0.717, 1.165) is 77.2 Å². The molecule has 6 heteroatoms. The average Bonchev–Trinajstić information content (AvgIpc) is 3.72. The van der Waals surface area contributed by atoms with Crippen molar-refractivity contribution in [1.29, 1.82) is 0 Å². The number of aliphatic hydroxyl groups excluding tert-OH is 2. The SMILES string of the molecule is OCCOc1cc(-c2ccc3c(c2)c2ccccc2n3-c2ccccc2)c(OCCO)cc1-c1ccc2c(c1)c1ccccc1n2-c1ccccc1. The molecule has 254 valence electrons. The summed E-state index contributed by atoms with van der Waals surface area (Å²) in [6.07, 6.45) is 0. The Morgan fingerprint density at radius 1 is 0.385 bits per heavy atom. The Balaban J connectivity index is 1.23. The Hall–Kier alpha value is -6.34. The van der Waals surface area contributed by atoms with E-state index >= 15 is 0 Å². The second kappa shape index (κ2) is 13.4. The second-order valence-electron chi connectivity index (χ2n) is 12.8. The molecule has 0 aliphatic rings. The summed E-state index contributed by atoms with van der Waals surface area (Å²) in [5.41, 5.74) is 10.2. The van der Waals surface area contributed by atoms with Gasteiger partial charge in [-0.15, -0.1) is 0 Å². The van der Waals surface area contributed by atoms with Gasteiger partial charge >= 0.3 is 0 Å². The van der Waals surface area contributed by atoms with Crippen molar-refractivity contribution in [2.75, 3.05) is 26.4 Å². The maximum Gasteiger partial charge on any atom is 0.128 e. The first-order valence-corrected chi connectivity index (χ1v) is 17.6. The van der Waals surface area contributed by atoms with Gasteiger partial charge in [0, 0.05) is 44.0 Å². The highest BCUT2D eigenvalue weighted by atomic mass is 16.5. The molecule has 0 radical (unpaired) electrons. The molecule has 0 aliphatic carbocycles. The third-order valence-electron chi connectivity index (χ3n) is 9.78. The van der Waals surface area contributed by atoms with Crippen LogP contribution in [0.2, 0.25) is 0 Å². The molecule has 0 unspecified atom stereocenters. The highest BCUT2D eigenvalue weighted by Gasteiger charge is 2.20. The summed E-state index contributed by atoms with van der Waals surface area (Å²) < 4.78 is 17.2. The van der Waals surface area contributed by atoms with Gasteiger partial charge in [-0.25, -0.2) is 0 Å². The fourth-order valence-electron chi connectivity index (χ4n) is 7.55. The molecule has 0 atom stereocenters. The van der Waals surface area contributed by atoms with Crippen molar-refractivity contribution in [2.24, 2.45) is 0 Å². The van der Waals surface area contributed by atoms with E-state index in [1.807, 2.05) is 24.3 Å². The summed E-state index contributed by atoms with van der Waals surface area (Å²) in [4.78, 5) is 0. The summed E-state index contributed by atoms with van der Waals surface area (Å²) in [5, 5.41) is 24.2. The first-order valence-electron chi connectivity index (χ1n) is 17.6. The van der Waals surface area contributed by atoms with E-state index in [0.29, 0.717) is 11.5 Å². The third-order valence-corrected chi connectivity index (χ3v) is 9.78. The molecule has 7 aromatic carbocycles. The van der Waals surface area contributed by atoms with Crippen LogP contribution >= 0.6 is 0 Å². The van der Waals surface area contributed by atoms with Crippen molar-refractivity contribution in [3.05, 3.63) is 158 Å². The van der Waals surface area contributed by atoms with Crippen molar-refractivity contribution in [3.63, 3.8) is 0 Å². The highest BCUT2D eigenvalue weighted by Crippen LogP contribution is 2.44. The van der Waals surface area contributed by atoms with Crippen molar-refractivity contribution < 1.29 is 19.7 Å². The second-order valence-corrected chi connectivity index (χ2v) is 12.8. The van der Waals surface area contributed by atoms with Gasteiger partial charge in [0.15, 0.2) is 0 Å². The van der Waals surface area contributed by atoms with E-state index in [4.69, 9.17) is 9.47 Å². The number of ether oxygens (including phenoxy) is 2. The highest BCUT2D eigenvalue weighted by molar-refractivity contribution is 6.12. The molecule has 9 rings (SSSR count). The summed E-state index contributed by atoms with van der Waals surface area (Å²) in [7, 11) is 0. The summed E-state index contributed by atoms with van der Waals surface area (Å²) in [6.45, 7) is 0.0447. The van der Waals surface area contributed by atoms with Gasteiger partial charge in [0.2, 0.25) is 0 Å². The number of benzene rings is 7. The first kappa shape index (κ1) is 31.6. The van der Waals surface area contributed by atoms with Crippen LogP contribution in [-0.2, 0) is 0 Å². The summed E-state index contributed by atoms with van der Waals surface area (Å²) in [6, 6.07) is 54.7. The van der Waals surface area contributed by atoms with Gasteiger partial charge in [-0.3, -0.25) is 0 Å². The van der Waals surface area contributed by atoms with Gasteiger partial charge in [0.25, 0.3) is 0 Å². The lowest BCUT2D eigenvalue weighted by atomic mass is 9.96. The molecule has 0 saturated carbocycles. The van der Waals surface area contributed by atoms with Gasteiger partial charge < -0.3 is 28.8 Å². The maximum absolute atomic E-state index is 9.85. The zero-order valence-corrected chi connectivity index (χ0v) is 28.4. The average molecular weight is 681 g/mol. The molecule has 0 saturated heterocycles. The van der Waals surface area contributed by atoms with E-state index in [1.54, 1.807) is 0 Å². The fourth-order valence-corrected chi connectivity index (χ4v) is 7.55. The van der Waals surface area contributed by atoms with Crippen LogP contribution in [0.4, 0.5) is 0 Å². The smallest absolute Gasteiger partial charge is 0.128 e. The van der Waals surface area contributed by atoms with Crippen LogP contribution in [0.25, 0.3) is 77.2 Å². The molecule has 2 aromatic heterocycles. The number of rotatable bonds is 10. The van der Waals surface area contributed by atoms with E-state index in [9.17, 15) is 10.2 Å². The Labute approximate surface area is 301 Å². The van der Waals surface area contributed by atoms with Crippen LogP contribution in [-0.4, -0.2) is 45.8 Å². The minimum Gasteiger partial charge on any atom is -0.491 e. The Kier molecular flexibility index (Phi) is 8.16. The number of hydrogen-bond donors (Lipinski definition) is 2. The molecule has 2 N–H and O–H groups in total. The molecular formula is C46H36N2O4. The lowest BCUT2D eigenvalue weighted by molar-refractivity contribution is 0.199. The standard InChI is InChI=1S/C46H36N2O4/c49-23-25-51-45-30-38(32-20-22-44-40(28-32)36-16-8-10-18-42(36)48(44)34-13-5-2-6-14-34)46(52-26-24-50)29-37(45)31-19-21-43-39(27-31)35-15-7-9-17-41(35)47(43)33-11-3-1-4-12-33/h1-22,27-30,49-50H,23-26H2. The van der Waals surface area contributed by atoms with Crippen molar-refractivity contribution >= 4 is 43.6 Å². The number of para-hydroxylation sites is 4. The molecule has 0 bridgehead atoms. The Bertz CT molecular complexity index is 2520. The lowest BCUT2D eigenvalue weighted by Gasteiger charge is -2.18. The lowest BCUT2D eigenvalue weighted by Crippen LogP contribution is -2.06. The Morgan fingerprint density at radius 2 is 0.769 bits per heavy atom. The topological polar surface area (TPSA) is 68.8 Å². The molecule has 52 heavy (non-hydrogen) atoms. The molecular weight excluding hydrogens is 645 g/mol. The van der Waals surface area contributed by atoms with Crippen LogP contribution in [0.1, 0.15) is 0 Å².